The fourth-order valence-electron chi connectivity index (χ4n) is 2.69. The Morgan fingerprint density at radius 3 is 3.27 bits per heavy atom. The van der Waals surface area contributed by atoms with Crippen LogP contribution < -0.4 is 5.32 Å². The van der Waals surface area contributed by atoms with Gasteiger partial charge in [-0.15, -0.1) is 11.3 Å². The molecule has 0 saturated heterocycles. The van der Waals surface area contributed by atoms with Crippen LogP contribution in [0.4, 0.5) is 0 Å². The van der Waals surface area contributed by atoms with Gasteiger partial charge < -0.3 is 5.32 Å². The molecule has 1 amide bonds. The van der Waals surface area contributed by atoms with Crippen molar-refractivity contribution in [3.05, 3.63) is 34.5 Å². The lowest BCUT2D eigenvalue weighted by molar-refractivity contribution is -0.121. The van der Waals surface area contributed by atoms with Crippen molar-refractivity contribution in [3.63, 3.8) is 0 Å². The number of nitrogens with one attached hydrogen (secondary N) is 1. The van der Waals surface area contributed by atoms with Crippen LogP contribution in [0.1, 0.15) is 23.8 Å². The van der Waals surface area contributed by atoms with Gasteiger partial charge in [-0.05, 0) is 30.4 Å². The normalized spacial score (nSPS) is 16.2. The Balaban J connectivity index is 1.40. The molecule has 0 aromatic carbocycles. The Bertz CT molecular complexity index is 609. The number of thiophene rings is 1. The van der Waals surface area contributed by atoms with E-state index in [1.165, 1.54) is 16.8 Å². The first-order chi connectivity index (χ1) is 10.7. The number of amides is 1. The number of hydrogen-bond acceptors (Lipinski definition) is 5. The number of carbonyl (C=O) groups is 1. The molecule has 22 heavy (non-hydrogen) atoms. The zero-order valence-electron chi connectivity index (χ0n) is 12.7. The maximum Gasteiger partial charge on any atom is 0.221 e. The molecule has 2 aromatic heterocycles. The van der Waals surface area contributed by atoms with Crippen LogP contribution in [0, 0.1) is 0 Å². The summed E-state index contributed by atoms with van der Waals surface area (Å²) in [6, 6.07) is 2.57. The Hall–Kier alpha value is -1.73. The molecule has 1 aliphatic heterocycles. The van der Waals surface area contributed by atoms with Crippen molar-refractivity contribution in [3.8, 4) is 0 Å². The summed E-state index contributed by atoms with van der Waals surface area (Å²) >= 11 is 1.85. The summed E-state index contributed by atoms with van der Waals surface area (Å²) in [7, 11) is 0. The fraction of sp³-hybridized carbons (Fsp3) is 0.533. The first kappa shape index (κ1) is 15.2. The Morgan fingerprint density at radius 2 is 2.45 bits per heavy atom. The van der Waals surface area contributed by atoms with Crippen LogP contribution in [0.5, 0.6) is 0 Å². The summed E-state index contributed by atoms with van der Waals surface area (Å²) in [5, 5.41) is 9.18. The molecule has 0 aliphatic carbocycles. The van der Waals surface area contributed by atoms with Crippen LogP contribution in [0.15, 0.2) is 24.1 Å². The molecule has 3 rings (SSSR count). The second-order valence-corrected chi connectivity index (χ2v) is 6.65. The van der Waals surface area contributed by atoms with Crippen LogP contribution >= 0.6 is 11.3 Å². The van der Waals surface area contributed by atoms with E-state index in [2.05, 4.69) is 38.7 Å². The zero-order chi connectivity index (χ0) is 15.4. The third-order valence-electron chi connectivity index (χ3n) is 4.09. The van der Waals surface area contributed by atoms with Crippen LogP contribution in [0.3, 0.4) is 0 Å². The summed E-state index contributed by atoms with van der Waals surface area (Å²) in [6.07, 6.45) is 4.67. The van der Waals surface area contributed by atoms with Crippen molar-refractivity contribution in [1.29, 1.82) is 0 Å². The number of hydrogen-bond donors (Lipinski definition) is 1. The van der Waals surface area contributed by atoms with Gasteiger partial charge >= 0.3 is 0 Å². The molecule has 2 aromatic rings. The van der Waals surface area contributed by atoms with Gasteiger partial charge in [0.15, 0.2) is 0 Å². The number of nitrogens with zero attached hydrogens (tertiary/aromatic N) is 4. The molecule has 0 bridgehead atoms. The lowest BCUT2D eigenvalue weighted by Crippen LogP contribution is -2.44. The highest BCUT2D eigenvalue weighted by Crippen LogP contribution is 2.24. The maximum absolute atomic E-state index is 11.9. The van der Waals surface area contributed by atoms with Crippen molar-refractivity contribution < 1.29 is 4.79 Å². The monoisotopic (exact) mass is 319 g/mol. The van der Waals surface area contributed by atoms with E-state index in [0.717, 1.165) is 19.5 Å². The SMILES string of the molecule is CC(CNC(=O)CCn1cncn1)N1CCc2sccc2C1. The minimum Gasteiger partial charge on any atom is -0.354 e. The molecule has 3 heterocycles. The third-order valence-corrected chi connectivity index (χ3v) is 5.11. The first-order valence-corrected chi connectivity index (χ1v) is 8.49. The average Bonchev–Trinajstić information content (AvgIpc) is 3.20. The molecule has 1 atom stereocenters. The van der Waals surface area contributed by atoms with E-state index in [4.69, 9.17) is 0 Å². The minimum atomic E-state index is 0.0654. The van der Waals surface area contributed by atoms with E-state index in [1.807, 2.05) is 11.3 Å². The van der Waals surface area contributed by atoms with Crippen LogP contribution in [-0.2, 0) is 24.3 Å². The van der Waals surface area contributed by atoms with Crippen molar-refractivity contribution in [2.75, 3.05) is 13.1 Å². The molecule has 0 fully saturated rings. The van der Waals surface area contributed by atoms with Crippen molar-refractivity contribution in [2.45, 2.75) is 38.9 Å². The molecular weight excluding hydrogens is 298 g/mol. The van der Waals surface area contributed by atoms with E-state index in [1.54, 1.807) is 11.0 Å². The molecule has 1 aliphatic rings. The molecule has 0 radical (unpaired) electrons. The van der Waals surface area contributed by atoms with Crippen molar-refractivity contribution in [1.82, 2.24) is 25.0 Å². The number of fused-ring (bicyclic) bond motifs is 1. The number of aromatic nitrogens is 3. The molecule has 0 saturated carbocycles. The largest absolute Gasteiger partial charge is 0.354 e. The van der Waals surface area contributed by atoms with Gasteiger partial charge in [0.2, 0.25) is 5.91 Å². The van der Waals surface area contributed by atoms with E-state index in [-0.39, 0.29) is 5.91 Å². The van der Waals surface area contributed by atoms with Gasteiger partial charge in [-0.1, -0.05) is 0 Å². The summed E-state index contributed by atoms with van der Waals surface area (Å²) in [6.45, 7) is 5.51. The van der Waals surface area contributed by atoms with E-state index in [0.29, 0.717) is 25.6 Å². The summed E-state index contributed by atoms with van der Waals surface area (Å²) in [4.78, 5) is 19.7. The Kier molecular flexibility index (Phi) is 4.84. The number of aryl methyl sites for hydroxylation is 1. The van der Waals surface area contributed by atoms with E-state index >= 15 is 0 Å². The molecule has 7 heteroatoms. The molecule has 118 valence electrons. The van der Waals surface area contributed by atoms with Crippen LogP contribution in [0.2, 0.25) is 0 Å². The molecule has 1 N–H and O–H groups in total. The van der Waals surface area contributed by atoms with E-state index < -0.39 is 0 Å². The second-order valence-electron chi connectivity index (χ2n) is 5.65. The molecule has 6 nitrogen and oxygen atoms in total. The number of rotatable bonds is 6. The lowest BCUT2D eigenvalue weighted by Gasteiger charge is -2.32. The fourth-order valence-corrected chi connectivity index (χ4v) is 3.58. The van der Waals surface area contributed by atoms with Gasteiger partial charge in [0, 0.05) is 37.0 Å². The van der Waals surface area contributed by atoms with Crippen molar-refractivity contribution >= 4 is 17.2 Å². The predicted molar refractivity (Wildman–Crippen MR) is 85.5 cm³/mol. The Morgan fingerprint density at radius 1 is 1.55 bits per heavy atom. The number of carbonyl (C=O) groups excluding carboxylic acids is 1. The highest BCUT2D eigenvalue weighted by atomic mass is 32.1. The molecule has 1 unspecified atom stereocenters. The summed E-state index contributed by atoms with van der Waals surface area (Å²) in [5.74, 6) is 0.0654. The van der Waals surface area contributed by atoms with Crippen LogP contribution in [-0.4, -0.2) is 44.7 Å². The van der Waals surface area contributed by atoms with E-state index in [9.17, 15) is 4.79 Å². The smallest absolute Gasteiger partial charge is 0.221 e. The second kappa shape index (κ2) is 7.02. The minimum absolute atomic E-state index is 0.0654. The summed E-state index contributed by atoms with van der Waals surface area (Å²) < 4.78 is 1.67. The van der Waals surface area contributed by atoms with Gasteiger partial charge in [0.05, 0.1) is 6.54 Å². The van der Waals surface area contributed by atoms with Crippen molar-refractivity contribution in [2.24, 2.45) is 0 Å². The average molecular weight is 319 g/mol. The van der Waals surface area contributed by atoms with Gasteiger partial charge in [-0.3, -0.25) is 14.4 Å². The highest BCUT2D eigenvalue weighted by molar-refractivity contribution is 7.10. The van der Waals surface area contributed by atoms with Crippen LogP contribution in [0.25, 0.3) is 0 Å². The van der Waals surface area contributed by atoms with Gasteiger partial charge in [-0.25, -0.2) is 4.98 Å². The molecular formula is C15H21N5OS. The van der Waals surface area contributed by atoms with Gasteiger partial charge in [0.25, 0.3) is 0 Å². The highest BCUT2D eigenvalue weighted by Gasteiger charge is 2.21. The van der Waals surface area contributed by atoms with Gasteiger partial charge in [-0.2, -0.15) is 5.10 Å². The summed E-state index contributed by atoms with van der Waals surface area (Å²) in [5.41, 5.74) is 1.45. The maximum atomic E-state index is 11.9. The quantitative estimate of drug-likeness (QED) is 0.871. The Labute approximate surface area is 134 Å². The topological polar surface area (TPSA) is 63.1 Å². The molecule has 0 spiro atoms. The zero-order valence-corrected chi connectivity index (χ0v) is 13.6. The third kappa shape index (κ3) is 3.72. The van der Waals surface area contributed by atoms with Gasteiger partial charge in [0.1, 0.15) is 12.7 Å². The predicted octanol–water partition coefficient (Wildman–Crippen LogP) is 1.29. The first-order valence-electron chi connectivity index (χ1n) is 7.61. The lowest BCUT2D eigenvalue weighted by atomic mass is 10.1. The standard InChI is InChI=1S/C15H21N5OS/c1-12(19-5-2-14-13(9-19)4-7-22-14)8-17-15(21)3-6-20-11-16-10-18-20/h4,7,10-12H,2-3,5-6,8-9H2,1H3,(H,17,21).